The molecule has 1 heterocycles. The Hall–Kier alpha value is -1.52. The summed E-state index contributed by atoms with van der Waals surface area (Å²) in [7, 11) is 0. The first-order chi connectivity index (χ1) is 7.72. The van der Waals surface area contributed by atoms with E-state index < -0.39 is 0 Å². The molecule has 1 saturated carbocycles. The molecule has 0 amide bonds. The first kappa shape index (κ1) is 11.0. The van der Waals surface area contributed by atoms with Gasteiger partial charge < -0.3 is 15.8 Å². The third-order valence-corrected chi connectivity index (χ3v) is 2.72. The molecule has 0 aliphatic heterocycles. The summed E-state index contributed by atoms with van der Waals surface area (Å²) < 4.78 is 5.44. The molecule has 2 unspecified atom stereocenters. The van der Waals surface area contributed by atoms with Gasteiger partial charge in [-0.15, -0.1) is 0 Å². The Balaban J connectivity index is 2.06. The molecule has 1 aromatic heterocycles. The average Bonchev–Trinajstić information content (AvgIpc) is 2.96. The quantitative estimate of drug-likeness (QED) is 0.792. The van der Waals surface area contributed by atoms with Crippen LogP contribution in [0.25, 0.3) is 0 Å². The van der Waals surface area contributed by atoms with E-state index in [4.69, 9.17) is 10.5 Å². The Labute approximate surface area is 95.4 Å². The highest BCUT2D eigenvalue weighted by atomic mass is 16.5. The summed E-state index contributed by atoms with van der Waals surface area (Å²) in [6, 6.07) is 0.497. The van der Waals surface area contributed by atoms with Crippen molar-refractivity contribution >= 4 is 11.5 Å². The van der Waals surface area contributed by atoms with Gasteiger partial charge >= 0.3 is 0 Å². The third-order valence-electron chi connectivity index (χ3n) is 2.72. The molecule has 1 aliphatic carbocycles. The van der Waals surface area contributed by atoms with E-state index in [0.29, 0.717) is 36.0 Å². The highest BCUT2D eigenvalue weighted by Crippen LogP contribution is 2.35. The zero-order valence-corrected chi connectivity index (χ0v) is 9.73. The number of hydrogen-bond donors (Lipinski definition) is 2. The molecule has 5 nitrogen and oxygen atoms in total. The van der Waals surface area contributed by atoms with Crippen molar-refractivity contribution in [1.82, 2.24) is 9.97 Å². The Bertz CT molecular complexity index is 369. The smallest absolute Gasteiger partial charge is 0.242 e. The SMILES string of the molecule is CCCOc1ncnc(NC2CC2C)c1N. The highest BCUT2D eigenvalue weighted by Gasteiger charge is 2.33. The molecule has 1 aromatic rings. The molecule has 0 spiro atoms. The largest absolute Gasteiger partial charge is 0.476 e. The minimum Gasteiger partial charge on any atom is -0.476 e. The van der Waals surface area contributed by atoms with Gasteiger partial charge in [0.25, 0.3) is 0 Å². The number of nitrogens with two attached hydrogens (primary N) is 1. The Morgan fingerprint density at radius 2 is 2.31 bits per heavy atom. The lowest BCUT2D eigenvalue weighted by Gasteiger charge is -2.10. The zero-order chi connectivity index (χ0) is 11.5. The molecule has 3 N–H and O–H groups in total. The van der Waals surface area contributed by atoms with Gasteiger partial charge in [0.1, 0.15) is 12.0 Å². The van der Waals surface area contributed by atoms with Gasteiger partial charge in [-0.1, -0.05) is 13.8 Å². The van der Waals surface area contributed by atoms with Crippen molar-refractivity contribution in [3.63, 3.8) is 0 Å². The van der Waals surface area contributed by atoms with Crippen LogP contribution >= 0.6 is 0 Å². The normalized spacial score (nSPS) is 22.9. The van der Waals surface area contributed by atoms with E-state index in [1.165, 1.54) is 12.7 Å². The van der Waals surface area contributed by atoms with E-state index in [0.717, 1.165) is 6.42 Å². The number of hydrogen-bond acceptors (Lipinski definition) is 5. The van der Waals surface area contributed by atoms with Crippen LogP contribution in [0, 0.1) is 5.92 Å². The van der Waals surface area contributed by atoms with Crippen molar-refractivity contribution < 1.29 is 4.74 Å². The molecule has 88 valence electrons. The van der Waals surface area contributed by atoms with Crippen molar-refractivity contribution in [2.75, 3.05) is 17.7 Å². The summed E-state index contributed by atoms with van der Waals surface area (Å²) in [5.41, 5.74) is 6.44. The number of nitrogens with zero attached hydrogens (tertiary/aromatic N) is 2. The van der Waals surface area contributed by atoms with Crippen LogP contribution in [0.1, 0.15) is 26.7 Å². The summed E-state index contributed by atoms with van der Waals surface area (Å²) in [4.78, 5) is 8.16. The highest BCUT2D eigenvalue weighted by molar-refractivity contribution is 5.67. The van der Waals surface area contributed by atoms with Gasteiger partial charge in [0.2, 0.25) is 5.88 Å². The van der Waals surface area contributed by atoms with Gasteiger partial charge in [-0.2, -0.15) is 4.98 Å². The van der Waals surface area contributed by atoms with Crippen molar-refractivity contribution in [2.24, 2.45) is 5.92 Å². The summed E-state index contributed by atoms with van der Waals surface area (Å²) >= 11 is 0. The second-order valence-corrected chi connectivity index (χ2v) is 4.25. The minimum atomic E-state index is 0.479. The van der Waals surface area contributed by atoms with E-state index in [9.17, 15) is 0 Å². The maximum Gasteiger partial charge on any atom is 0.242 e. The lowest BCUT2D eigenvalue weighted by molar-refractivity contribution is 0.306. The van der Waals surface area contributed by atoms with Gasteiger partial charge in [0.05, 0.1) is 6.61 Å². The van der Waals surface area contributed by atoms with Crippen LogP contribution in [-0.4, -0.2) is 22.6 Å². The van der Waals surface area contributed by atoms with Gasteiger partial charge in [-0.3, -0.25) is 0 Å². The standard InChI is InChI=1S/C11H18N4O/c1-3-4-16-11-9(12)10(13-6-14-11)15-8-5-7(8)2/h6-8H,3-5,12H2,1-2H3,(H,13,14,15). The molecule has 0 radical (unpaired) electrons. The van der Waals surface area contributed by atoms with Gasteiger partial charge in [-0.25, -0.2) is 4.98 Å². The van der Waals surface area contributed by atoms with E-state index in [1.54, 1.807) is 0 Å². The summed E-state index contributed by atoms with van der Waals surface area (Å²) in [6.45, 7) is 4.87. The van der Waals surface area contributed by atoms with E-state index >= 15 is 0 Å². The monoisotopic (exact) mass is 222 g/mol. The zero-order valence-electron chi connectivity index (χ0n) is 9.73. The molecule has 2 atom stereocenters. The molecule has 5 heteroatoms. The van der Waals surface area contributed by atoms with Gasteiger partial charge in [-0.05, 0) is 18.8 Å². The van der Waals surface area contributed by atoms with Crippen LogP contribution in [-0.2, 0) is 0 Å². The third kappa shape index (κ3) is 2.35. The number of anilines is 2. The second kappa shape index (κ2) is 4.55. The minimum absolute atomic E-state index is 0.479. The lowest BCUT2D eigenvalue weighted by atomic mass is 10.4. The van der Waals surface area contributed by atoms with Crippen molar-refractivity contribution in [2.45, 2.75) is 32.7 Å². The summed E-state index contributed by atoms with van der Waals surface area (Å²) in [5, 5.41) is 3.29. The van der Waals surface area contributed by atoms with Crippen LogP contribution in [0.4, 0.5) is 11.5 Å². The summed E-state index contributed by atoms with van der Waals surface area (Å²) in [5.74, 6) is 1.87. The van der Waals surface area contributed by atoms with Gasteiger partial charge in [0, 0.05) is 6.04 Å². The van der Waals surface area contributed by atoms with Crippen LogP contribution in [0.3, 0.4) is 0 Å². The predicted octanol–water partition coefficient (Wildman–Crippen LogP) is 1.67. The maximum atomic E-state index is 5.93. The number of nitrogens with one attached hydrogen (secondary N) is 1. The molecule has 0 saturated heterocycles. The first-order valence-electron chi connectivity index (χ1n) is 5.72. The average molecular weight is 222 g/mol. The molecule has 0 bridgehead atoms. The predicted molar refractivity (Wildman–Crippen MR) is 63.4 cm³/mol. The van der Waals surface area contributed by atoms with Crippen LogP contribution in [0.5, 0.6) is 5.88 Å². The maximum absolute atomic E-state index is 5.93. The van der Waals surface area contributed by atoms with E-state index in [2.05, 4.69) is 22.2 Å². The lowest BCUT2D eigenvalue weighted by Crippen LogP contribution is -2.10. The Morgan fingerprint density at radius 1 is 1.56 bits per heavy atom. The topological polar surface area (TPSA) is 73.1 Å². The van der Waals surface area contributed by atoms with Gasteiger partial charge in [0.15, 0.2) is 5.82 Å². The molecule has 2 rings (SSSR count). The van der Waals surface area contributed by atoms with Crippen molar-refractivity contribution in [1.29, 1.82) is 0 Å². The fourth-order valence-corrected chi connectivity index (χ4v) is 1.51. The Kier molecular flexibility index (Phi) is 3.12. The fraction of sp³-hybridized carbons (Fsp3) is 0.636. The molecule has 1 fully saturated rings. The Morgan fingerprint density at radius 3 is 2.94 bits per heavy atom. The first-order valence-corrected chi connectivity index (χ1v) is 5.72. The van der Waals surface area contributed by atoms with Crippen molar-refractivity contribution in [3.8, 4) is 5.88 Å². The fourth-order valence-electron chi connectivity index (χ4n) is 1.51. The van der Waals surface area contributed by atoms with Crippen LogP contribution in [0.15, 0.2) is 6.33 Å². The number of nitrogen functional groups attached to an aromatic ring is 1. The second-order valence-electron chi connectivity index (χ2n) is 4.25. The molecule has 16 heavy (non-hydrogen) atoms. The van der Waals surface area contributed by atoms with E-state index in [1.807, 2.05) is 6.92 Å². The number of ether oxygens (including phenoxy) is 1. The molecular weight excluding hydrogens is 204 g/mol. The molecule has 1 aliphatic rings. The number of rotatable bonds is 5. The summed E-state index contributed by atoms with van der Waals surface area (Å²) in [6.07, 6.45) is 3.59. The van der Waals surface area contributed by atoms with Crippen molar-refractivity contribution in [3.05, 3.63) is 6.33 Å². The van der Waals surface area contributed by atoms with Crippen LogP contribution < -0.4 is 15.8 Å². The van der Waals surface area contributed by atoms with E-state index in [-0.39, 0.29) is 0 Å². The molecule has 0 aromatic carbocycles. The molecular formula is C11H18N4O. The number of aromatic nitrogens is 2. The van der Waals surface area contributed by atoms with Crippen LogP contribution in [0.2, 0.25) is 0 Å².